The Morgan fingerprint density at radius 3 is 2.27 bits per heavy atom. The maximum atomic E-state index is 12.6. The number of methoxy groups -OCH3 is 1. The van der Waals surface area contributed by atoms with E-state index in [1.54, 1.807) is 12.1 Å². The Bertz CT molecular complexity index is 985. The maximum absolute atomic E-state index is 12.6. The Morgan fingerprint density at radius 2 is 1.63 bits per heavy atom. The molecule has 162 valence electrons. The fourth-order valence-electron chi connectivity index (χ4n) is 2.78. The number of amides is 1. The Balaban J connectivity index is 1.87. The number of aryl methyl sites for hydroxylation is 2. The number of benzene rings is 2. The number of esters is 1. The van der Waals surface area contributed by atoms with Crippen molar-refractivity contribution in [1.82, 2.24) is 5.32 Å². The van der Waals surface area contributed by atoms with E-state index >= 15 is 0 Å². The van der Waals surface area contributed by atoms with Crippen molar-refractivity contribution in [3.8, 4) is 0 Å². The Hall–Kier alpha value is -2.87. The summed E-state index contributed by atoms with van der Waals surface area (Å²) in [4.78, 5) is 23.3. The molecule has 0 bridgehead atoms. The molecule has 1 amide bonds. The molecule has 0 radical (unpaired) electrons. The Kier molecular flexibility index (Phi) is 8.41. The molecule has 0 heterocycles. The summed E-state index contributed by atoms with van der Waals surface area (Å²) in [6.45, 7) is 4.35. The van der Waals surface area contributed by atoms with Gasteiger partial charge in [0.05, 0.1) is 12.0 Å². The van der Waals surface area contributed by atoms with Crippen LogP contribution in [0.2, 0.25) is 0 Å². The molecule has 8 heteroatoms. The van der Waals surface area contributed by atoms with Crippen molar-refractivity contribution in [2.45, 2.75) is 44.4 Å². The van der Waals surface area contributed by atoms with Crippen molar-refractivity contribution in [2.24, 2.45) is 0 Å². The second-order valence-electron chi connectivity index (χ2n) is 7.07. The van der Waals surface area contributed by atoms with Crippen molar-refractivity contribution in [1.29, 1.82) is 0 Å². The summed E-state index contributed by atoms with van der Waals surface area (Å²) in [5.74, 6) is -0.505. The van der Waals surface area contributed by atoms with Gasteiger partial charge in [-0.05, 0) is 74.2 Å². The molecule has 0 unspecified atom stereocenters. The highest BCUT2D eigenvalue weighted by atomic mass is 32.2. The fraction of sp³-hybridized carbons (Fsp3) is 0.364. The molecule has 30 heavy (non-hydrogen) atoms. The molecule has 2 aromatic rings. The number of rotatable bonds is 10. The monoisotopic (exact) mass is 432 g/mol. The van der Waals surface area contributed by atoms with Crippen LogP contribution in [0.4, 0.5) is 5.69 Å². The average molecular weight is 433 g/mol. The summed E-state index contributed by atoms with van der Waals surface area (Å²) in [6.07, 6.45) is 2.63. The van der Waals surface area contributed by atoms with Crippen LogP contribution in [0, 0.1) is 13.8 Å². The van der Waals surface area contributed by atoms with Crippen LogP contribution in [-0.2, 0) is 19.6 Å². The lowest BCUT2D eigenvalue weighted by atomic mass is 10.1. The van der Waals surface area contributed by atoms with Gasteiger partial charge in [0.15, 0.2) is 0 Å². The van der Waals surface area contributed by atoms with Crippen molar-refractivity contribution < 1.29 is 22.7 Å². The summed E-state index contributed by atoms with van der Waals surface area (Å²) in [7, 11) is -2.38. The highest BCUT2D eigenvalue weighted by Crippen LogP contribution is 2.19. The summed E-state index contributed by atoms with van der Waals surface area (Å²) in [6, 6.07) is 11.1. The smallest absolute Gasteiger partial charge is 0.305 e. The van der Waals surface area contributed by atoms with Crippen LogP contribution in [0.3, 0.4) is 0 Å². The SMILES string of the molecule is COC(=O)CCCCCNC(=O)c1ccc(S(=O)(=O)Nc2ccc(C)c(C)c2)cc1. The minimum atomic E-state index is -3.74. The molecule has 7 nitrogen and oxygen atoms in total. The third kappa shape index (κ3) is 6.88. The number of carbonyl (C=O) groups excluding carboxylic acids is 2. The van der Waals surface area contributed by atoms with Gasteiger partial charge in [-0.15, -0.1) is 0 Å². The van der Waals surface area contributed by atoms with Gasteiger partial charge in [0.1, 0.15) is 0 Å². The lowest BCUT2D eigenvalue weighted by Crippen LogP contribution is -2.24. The molecule has 0 atom stereocenters. The number of ether oxygens (including phenoxy) is 1. The van der Waals surface area contributed by atoms with E-state index in [-0.39, 0.29) is 16.8 Å². The summed E-state index contributed by atoms with van der Waals surface area (Å²) in [5, 5.41) is 2.79. The van der Waals surface area contributed by atoms with E-state index in [2.05, 4.69) is 14.8 Å². The molecule has 2 rings (SSSR count). The number of hydrogen-bond acceptors (Lipinski definition) is 5. The van der Waals surface area contributed by atoms with E-state index in [1.807, 2.05) is 19.9 Å². The van der Waals surface area contributed by atoms with Crippen LogP contribution >= 0.6 is 0 Å². The normalized spacial score (nSPS) is 11.0. The van der Waals surface area contributed by atoms with E-state index in [0.717, 1.165) is 24.0 Å². The van der Waals surface area contributed by atoms with E-state index in [4.69, 9.17) is 0 Å². The largest absolute Gasteiger partial charge is 0.469 e. The zero-order valence-electron chi connectivity index (χ0n) is 17.5. The standard InChI is InChI=1S/C22H28N2O5S/c1-16-8-11-19(15-17(16)2)24-30(27,28)20-12-9-18(10-13-20)22(26)23-14-6-4-5-7-21(25)29-3/h8-13,15,24H,4-7,14H2,1-3H3,(H,23,26). The number of hydrogen-bond donors (Lipinski definition) is 2. The third-order valence-electron chi connectivity index (χ3n) is 4.76. The van der Waals surface area contributed by atoms with Gasteiger partial charge in [-0.1, -0.05) is 12.5 Å². The van der Waals surface area contributed by atoms with Crippen molar-refractivity contribution in [3.63, 3.8) is 0 Å². The second-order valence-corrected chi connectivity index (χ2v) is 8.75. The molecule has 2 aromatic carbocycles. The second kappa shape index (κ2) is 10.8. The van der Waals surface area contributed by atoms with Crippen LogP contribution in [-0.4, -0.2) is 33.9 Å². The van der Waals surface area contributed by atoms with Crippen LogP contribution in [0.15, 0.2) is 47.4 Å². The molecule has 2 N–H and O–H groups in total. The molecule has 0 saturated heterocycles. The van der Waals surface area contributed by atoms with Crippen molar-refractivity contribution in [2.75, 3.05) is 18.4 Å². The predicted octanol–water partition coefficient (Wildman–Crippen LogP) is 3.57. The van der Waals surface area contributed by atoms with Gasteiger partial charge < -0.3 is 10.1 Å². The third-order valence-corrected chi connectivity index (χ3v) is 6.15. The summed E-state index contributed by atoms with van der Waals surface area (Å²) < 4.78 is 32.3. The molecule has 0 aliphatic heterocycles. The molecule has 0 spiro atoms. The molecule has 0 aliphatic rings. The average Bonchev–Trinajstić information content (AvgIpc) is 2.72. The number of unbranched alkanes of at least 4 members (excludes halogenated alkanes) is 2. The maximum Gasteiger partial charge on any atom is 0.305 e. The predicted molar refractivity (Wildman–Crippen MR) is 116 cm³/mol. The zero-order chi connectivity index (χ0) is 22.1. The molecule has 0 aromatic heterocycles. The van der Waals surface area contributed by atoms with Gasteiger partial charge in [-0.2, -0.15) is 0 Å². The van der Waals surface area contributed by atoms with Gasteiger partial charge in [-0.3, -0.25) is 14.3 Å². The van der Waals surface area contributed by atoms with Gasteiger partial charge in [-0.25, -0.2) is 8.42 Å². The van der Waals surface area contributed by atoms with E-state index in [1.165, 1.54) is 31.4 Å². The molecular weight excluding hydrogens is 404 g/mol. The first kappa shape index (κ1) is 23.4. The first-order chi connectivity index (χ1) is 14.2. The Morgan fingerprint density at radius 1 is 0.933 bits per heavy atom. The minimum Gasteiger partial charge on any atom is -0.469 e. The fourth-order valence-corrected chi connectivity index (χ4v) is 3.83. The van der Waals surface area contributed by atoms with Crippen LogP contribution in [0.1, 0.15) is 47.2 Å². The summed E-state index contributed by atoms with van der Waals surface area (Å²) in [5.41, 5.74) is 2.95. The van der Waals surface area contributed by atoms with Crippen LogP contribution < -0.4 is 10.0 Å². The van der Waals surface area contributed by atoms with Crippen LogP contribution in [0.25, 0.3) is 0 Å². The van der Waals surface area contributed by atoms with Gasteiger partial charge in [0.25, 0.3) is 15.9 Å². The van der Waals surface area contributed by atoms with E-state index in [0.29, 0.717) is 30.6 Å². The molecular formula is C22H28N2O5S. The Labute approximate surface area is 177 Å². The van der Waals surface area contributed by atoms with Gasteiger partial charge in [0.2, 0.25) is 0 Å². The van der Waals surface area contributed by atoms with Gasteiger partial charge >= 0.3 is 5.97 Å². The van der Waals surface area contributed by atoms with E-state index in [9.17, 15) is 18.0 Å². The number of carbonyl (C=O) groups is 2. The lowest BCUT2D eigenvalue weighted by molar-refractivity contribution is -0.140. The molecule has 0 fully saturated rings. The minimum absolute atomic E-state index is 0.0834. The number of sulfonamides is 1. The van der Waals surface area contributed by atoms with Crippen molar-refractivity contribution in [3.05, 3.63) is 59.2 Å². The van der Waals surface area contributed by atoms with Crippen molar-refractivity contribution >= 4 is 27.6 Å². The highest BCUT2D eigenvalue weighted by molar-refractivity contribution is 7.92. The summed E-state index contributed by atoms with van der Waals surface area (Å²) >= 11 is 0. The molecule has 0 saturated carbocycles. The first-order valence-electron chi connectivity index (χ1n) is 9.78. The highest BCUT2D eigenvalue weighted by Gasteiger charge is 2.15. The topological polar surface area (TPSA) is 102 Å². The first-order valence-corrected chi connectivity index (χ1v) is 11.3. The van der Waals surface area contributed by atoms with E-state index < -0.39 is 10.0 Å². The number of nitrogens with one attached hydrogen (secondary N) is 2. The molecule has 0 aliphatic carbocycles. The van der Waals surface area contributed by atoms with Crippen LogP contribution in [0.5, 0.6) is 0 Å². The quantitative estimate of drug-likeness (QED) is 0.441. The number of anilines is 1. The zero-order valence-corrected chi connectivity index (χ0v) is 18.3. The lowest BCUT2D eigenvalue weighted by Gasteiger charge is -2.10. The van der Waals surface area contributed by atoms with Gasteiger partial charge in [0, 0.05) is 24.2 Å².